The number of aliphatic hydroxyl groups excluding tert-OH is 1. The van der Waals surface area contributed by atoms with Crippen molar-refractivity contribution in [2.45, 2.75) is 32.4 Å². The molecule has 0 aliphatic heterocycles. The van der Waals surface area contributed by atoms with Gasteiger partial charge in [0.15, 0.2) is 6.10 Å². The minimum Gasteiger partial charge on any atom is -0.479 e. The summed E-state index contributed by atoms with van der Waals surface area (Å²) in [6.07, 6.45) is -1.57. The first-order chi connectivity index (χ1) is 7.34. The van der Waals surface area contributed by atoms with Gasteiger partial charge in [-0.1, -0.05) is 0 Å². The van der Waals surface area contributed by atoms with Gasteiger partial charge in [0.1, 0.15) is 6.04 Å². The van der Waals surface area contributed by atoms with Crippen molar-refractivity contribution in [1.29, 1.82) is 0 Å². The highest BCUT2D eigenvalue weighted by molar-refractivity contribution is 5.86. The van der Waals surface area contributed by atoms with Gasteiger partial charge in [-0.3, -0.25) is 9.59 Å². The van der Waals surface area contributed by atoms with Crippen molar-refractivity contribution in [1.82, 2.24) is 10.6 Å². The van der Waals surface area contributed by atoms with E-state index in [0.29, 0.717) is 0 Å². The van der Waals surface area contributed by atoms with Crippen LogP contribution in [0.2, 0.25) is 0 Å². The van der Waals surface area contributed by atoms with Crippen LogP contribution in [0.15, 0.2) is 0 Å². The Bertz CT molecular complexity index is 279. The van der Waals surface area contributed by atoms with Gasteiger partial charge in [0.25, 0.3) is 0 Å². The Hall–Kier alpha value is -1.63. The molecular weight excluding hydrogens is 216 g/mol. The van der Waals surface area contributed by atoms with E-state index in [0.717, 1.165) is 0 Å². The Morgan fingerprint density at radius 2 is 1.88 bits per heavy atom. The molecular formula is C9H16N2O5. The van der Waals surface area contributed by atoms with Gasteiger partial charge < -0.3 is 20.8 Å². The molecule has 0 bridgehead atoms. The van der Waals surface area contributed by atoms with E-state index in [-0.39, 0.29) is 18.9 Å². The summed E-state index contributed by atoms with van der Waals surface area (Å²) in [5, 5.41) is 22.0. The zero-order valence-electron chi connectivity index (χ0n) is 9.19. The SMILES string of the molecule is CC(=O)NC(C)C(=O)NCCC(O)C(=O)O. The van der Waals surface area contributed by atoms with Crippen molar-refractivity contribution in [3.8, 4) is 0 Å². The summed E-state index contributed by atoms with van der Waals surface area (Å²) in [4.78, 5) is 32.1. The number of rotatable bonds is 6. The van der Waals surface area contributed by atoms with Gasteiger partial charge in [0.05, 0.1) is 0 Å². The van der Waals surface area contributed by atoms with Crippen LogP contribution in [0, 0.1) is 0 Å². The average Bonchev–Trinajstić information content (AvgIpc) is 2.15. The summed E-state index contributed by atoms with van der Waals surface area (Å²) < 4.78 is 0. The van der Waals surface area contributed by atoms with Crippen LogP contribution in [0.1, 0.15) is 20.3 Å². The fraction of sp³-hybridized carbons (Fsp3) is 0.667. The van der Waals surface area contributed by atoms with E-state index in [4.69, 9.17) is 10.2 Å². The molecule has 4 N–H and O–H groups in total. The van der Waals surface area contributed by atoms with E-state index < -0.39 is 24.0 Å². The molecule has 2 atom stereocenters. The zero-order chi connectivity index (χ0) is 12.7. The first-order valence-corrected chi connectivity index (χ1v) is 4.80. The van der Waals surface area contributed by atoms with Gasteiger partial charge >= 0.3 is 5.97 Å². The Morgan fingerprint density at radius 3 is 2.31 bits per heavy atom. The van der Waals surface area contributed by atoms with E-state index in [9.17, 15) is 14.4 Å². The van der Waals surface area contributed by atoms with Crippen LogP contribution in [0.4, 0.5) is 0 Å². The van der Waals surface area contributed by atoms with E-state index in [1.54, 1.807) is 0 Å². The minimum absolute atomic E-state index is 0.0379. The predicted octanol–water partition coefficient (Wildman–Crippen LogP) is -1.54. The number of carbonyl (C=O) groups excluding carboxylic acids is 2. The average molecular weight is 232 g/mol. The normalized spacial score (nSPS) is 13.7. The third-order valence-electron chi connectivity index (χ3n) is 1.82. The molecule has 0 heterocycles. The van der Waals surface area contributed by atoms with Crippen LogP contribution in [0.3, 0.4) is 0 Å². The van der Waals surface area contributed by atoms with Crippen molar-refractivity contribution in [3.05, 3.63) is 0 Å². The number of nitrogens with one attached hydrogen (secondary N) is 2. The Balaban J connectivity index is 3.81. The van der Waals surface area contributed by atoms with Crippen molar-refractivity contribution < 1.29 is 24.6 Å². The molecule has 0 aliphatic rings. The van der Waals surface area contributed by atoms with Crippen LogP contribution in [-0.4, -0.2) is 46.7 Å². The number of carboxylic acids is 1. The van der Waals surface area contributed by atoms with Crippen LogP contribution in [0.25, 0.3) is 0 Å². The summed E-state index contributed by atoms with van der Waals surface area (Å²) >= 11 is 0. The van der Waals surface area contributed by atoms with E-state index in [1.807, 2.05) is 0 Å². The quantitative estimate of drug-likeness (QED) is 0.443. The predicted molar refractivity (Wildman–Crippen MR) is 54.5 cm³/mol. The van der Waals surface area contributed by atoms with Crippen LogP contribution >= 0.6 is 0 Å². The summed E-state index contributed by atoms with van der Waals surface area (Å²) in [5.74, 6) is -2.08. The van der Waals surface area contributed by atoms with Crippen molar-refractivity contribution >= 4 is 17.8 Å². The van der Waals surface area contributed by atoms with Gasteiger partial charge in [0.2, 0.25) is 11.8 Å². The fourth-order valence-corrected chi connectivity index (χ4v) is 0.979. The first-order valence-electron chi connectivity index (χ1n) is 4.80. The Kier molecular flexibility index (Phi) is 6.09. The van der Waals surface area contributed by atoms with Crippen molar-refractivity contribution in [3.63, 3.8) is 0 Å². The van der Waals surface area contributed by atoms with Gasteiger partial charge in [-0.2, -0.15) is 0 Å². The van der Waals surface area contributed by atoms with E-state index in [1.165, 1.54) is 13.8 Å². The molecule has 0 saturated heterocycles. The Labute approximate surface area is 92.8 Å². The molecule has 0 aromatic heterocycles. The molecule has 7 heteroatoms. The highest BCUT2D eigenvalue weighted by Crippen LogP contribution is 1.90. The number of hydrogen-bond donors (Lipinski definition) is 4. The van der Waals surface area contributed by atoms with Gasteiger partial charge in [0, 0.05) is 19.9 Å². The molecule has 92 valence electrons. The van der Waals surface area contributed by atoms with Crippen molar-refractivity contribution in [2.75, 3.05) is 6.54 Å². The van der Waals surface area contributed by atoms with E-state index >= 15 is 0 Å². The second-order valence-electron chi connectivity index (χ2n) is 3.36. The lowest BCUT2D eigenvalue weighted by atomic mass is 10.2. The number of carboxylic acid groups (broad SMARTS) is 1. The summed E-state index contributed by atoms with van der Waals surface area (Å²) in [7, 11) is 0. The monoisotopic (exact) mass is 232 g/mol. The molecule has 0 radical (unpaired) electrons. The molecule has 2 unspecified atom stereocenters. The highest BCUT2D eigenvalue weighted by Gasteiger charge is 2.15. The second-order valence-corrected chi connectivity index (χ2v) is 3.36. The molecule has 7 nitrogen and oxygen atoms in total. The molecule has 2 amide bonds. The zero-order valence-corrected chi connectivity index (χ0v) is 9.19. The summed E-state index contributed by atoms with van der Waals surface area (Å²) in [5.41, 5.74) is 0. The number of amides is 2. The molecule has 0 spiro atoms. The van der Waals surface area contributed by atoms with Crippen LogP contribution in [0.5, 0.6) is 0 Å². The van der Waals surface area contributed by atoms with Gasteiger partial charge in [-0.25, -0.2) is 4.79 Å². The topological polar surface area (TPSA) is 116 Å². The Morgan fingerprint density at radius 1 is 1.31 bits per heavy atom. The molecule has 0 saturated carbocycles. The smallest absolute Gasteiger partial charge is 0.332 e. The van der Waals surface area contributed by atoms with Crippen LogP contribution in [-0.2, 0) is 14.4 Å². The second kappa shape index (κ2) is 6.78. The largest absolute Gasteiger partial charge is 0.479 e. The summed E-state index contributed by atoms with van der Waals surface area (Å²) in [6.45, 7) is 2.83. The highest BCUT2D eigenvalue weighted by atomic mass is 16.4. The molecule has 0 aliphatic carbocycles. The lowest BCUT2D eigenvalue weighted by Crippen LogP contribution is -2.44. The lowest BCUT2D eigenvalue weighted by Gasteiger charge is -2.13. The summed E-state index contributed by atoms with van der Waals surface area (Å²) in [6, 6.07) is -0.681. The molecule has 0 aromatic carbocycles. The van der Waals surface area contributed by atoms with E-state index in [2.05, 4.69) is 10.6 Å². The number of aliphatic carboxylic acids is 1. The number of hydrogen-bond acceptors (Lipinski definition) is 4. The van der Waals surface area contributed by atoms with Crippen molar-refractivity contribution in [2.24, 2.45) is 0 Å². The minimum atomic E-state index is -1.49. The standard InChI is InChI=1S/C9H16N2O5/c1-5(11-6(2)12)8(14)10-4-3-7(13)9(15)16/h5,7,13H,3-4H2,1-2H3,(H,10,14)(H,11,12)(H,15,16). The molecule has 16 heavy (non-hydrogen) atoms. The first kappa shape index (κ1) is 14.4. The molecule has 0 rings (SSSR count). The third kappa shape index (κ3) is 5.97. The third-order valence-corrected chi connectivity index (χ3v) is 1.82. The molecule has 0 fully saturated rings. The molecule has 0 aromatic rings. The maximum absolute atomic E-state index is 11.3. The van der Waals surface area contributed by atoms with Crippen LogP contribution < -0.4 is 10.6 Å². The maximum Gasteiger partial charge on any atom is 0.332 e. The maximum atomic E-state index is 11.3. The van der Waals surface area contributed by atoms with Gasteiger partial charge in [-0.05, 0) is 6.92 Å². The van der Waals surface area contributed by atoms with Gasteiger partial charge in [-0.15, -0.1) is 0 Å². The number of carbonyl (C=O) groups is 3. The fourth-order valence-electron chi connectivity index (χ4n) is 0.979. The number of aliphatic hydroxyl groups is 1. The lowest BCUT2D eigenvalue weighted by molar-refractivity contribution is -0.147.